The van der Waals surface area contributed by atoms with Gasteiger partial charge in [-0.2, -0.15) is 9.61 Å². The molecular formula is C13H14N6O. The van der Waals surface area contributed by atoms with Crippen LogP contribution in [0.5, 0.6) is 0 Å². The summed E-state index contributed by atoms with van der Waals surface area (Å²) in [4.78, 5) is 11.5. The van der Waals surface area contributed by atoms with Crippen LogP contribution in [0.25, 0.3) is 5.65 Å². The maximum absolute atomic E-state index is 11.5. The number of nitrogens with zero attached hydrogens (tertiary/aromatic N) is 3. The van der Waals surface area contributed by atoms with Gasteiger partial charge in [-0.15, -0.1) is 5.10 Å². The van der Waals surface area contributed by atoms with E-state index in [4.69, 9.17) is 5.73 Å². The maximum atomic E-state index is 11.5. The monoisotopic (exact) mass is 270 g/mol. The van der Waals surface area contributed by atoms with Crippen LogP contribution in [0.15, 0.2) is 41.2 Å². The van der Waals surface area contributed by atoms with Gasteiger partial charge in [-0.25, -0.2) is 9.89 Å². The molecule has 102 valence electrons. The predicted molar refractivity (Wildman–Crippen MR) is 76.5 cm³/mol. The van der Waals surface area contributed by atoms with E-state index in [1.165, 1.54) is 4.52 Å². The van der Waals surface area contributed by atoms with E-state index in [0.717, 1.165) is 11.3 Å². The Hall–Kier alpha value is -2.83. The third-order valence-corrected chi connectivity index (χ3v) is 3.07. The summed E-state index contributed by atoms with van der Waals surface area (Å²) in [6.07, 6.45) is 0. The summed E-state index contributed by atoms with van der Waals surface area (Å²) in [6, 6.07) is 11.2. The van der Waals surface area contributed by atoms with Crippen LogP contribution in [-0.2, 0) is 0 Å². The van der Waals surface area contributed by atoms with Crippen LogP contribution in [0.2, 0.25) is 0 Å². The van der Waals surface area contributed by atoms with Crippen LogP contribution in [0.3, 0.4) is 0 Å². The molecule has 4 N–H and O–H groups in total. The first-order valence-electron chi connectivity index (χ1n) is 6.20. The molecule has 20 heavy (non-hydrogen) atoms. The molecule has 0 saturated carbocycles. The van der Waals surface area contributed by atoms with Crippen LogP contribution in [-0.4, -0.2) is 19.8 Å². The molecule has 0 amide bonds. The molecule has 2 aromatic heterocycles. The predicted octanol–water partition coefficient (Wildman–Crippen LogP) is 1.17. The van der Waals surface area contributed by atoms with Crippen LogP contribution >= 0.6 is 0 Å². The molecule has 0 aliphatic heterocycles. The van der Waals surface area contributed by atoms with Gasteiger partial charge in [-0.1, -0.05) is 12.1 Å². The molecule has 0 radical (unpaired) electrons. The smallest absolute Gasteiger partial charge is 0.364 e. The van der Waals surface area contributed by atoms with Crippen molar-refractivity contribution in [1.82, 2.24) is 19.8 Å². The number of fused-ring (bicyclic) bond motifs is 1. The van der Waals surface area contributed by atoms with Gasteiger partial charge in [-0.3, -0.25) is 0 Å². The molecule has 0 aliphatic carbocycles. The zero-order valence-corrected chi connectivity index (χ0v) is 10.9. The van der Waals surface area contributed by atoms with Crippen LogP contribution in [0.1, 0.15) is 18.5 Å². The molecule has 1 unspecified atom stereocenters. The van der Waals surface area contributed by atoms with Crippen molar-refractivity contribution in [3.8, 4) is 0 Å². The van der Waals surface area contributed by atoms with E-state index in [2.05, 4.69) is 20.6 Å². The van der Waals surface area contributed by atoms with Crippen LogP contribution < -0.4 is 16.7 Å². The number of hydrogen-bond donors (Lipinski definition) is 3. The third kappa shape index (κ3) is 2.20. The van der Waals surface area contributed by atoms with E-state index in [9.17, 15) is 4.79 Å². The highest BCUT2D eigenvalue weighted by Crippen LogP contribution is 2.18. The standard InChI is InChI=1S/C13H14N6O/c1-8(9-2-4-10(14)5-3-9)15-11-6-7-12-16-17-13(20)19(12)18-11/h2-8H,14H2,1H3,(H,15,18)(H,17,20). The lowest BCUT2D eigenvalue weighted by atomic mass is 10.1. The highest BCUT2D eigenvalue weighted by atomic mass is 16.2. The quantitative estimate of drug-likeness (QED) is 0.620. The highest BCUT2D eigenvalue weighted by Gasteiger charge is 2.08. The first-order valence-corrected chi connectivity index (χ1v) is 6.20. The zero-order valence-electron chi connectivity index (χ0n) is 10.9. The molecule has 1 aromatic carbocycles. The number of nitrogens with two attached hydrogens (primary N) is 1. The van der Waals surface area contributed by atoms with Crippen molar-refractivity contribution in [2.75, 3.05) is 11.1 Å². The average molecular weight is 270 g/mol. The number of hydrogen-bond acceptors (Lipinski definition) is 5. The lowest BCUT2D eigenvalue weighted by Gasteiger charge is -2.14. The van der Waals surface area contributed by atoms with Gasteiger partial charge in [-0.05, 0) is 36.8 Å². The Labute approximate surface area is 114 Å². The number of anilines is 2. The fraction of sp³-hybridized carbons (Fsp3) is 0.154. The van der Waals surface area contributed by atoms with E-state index < -0.39 is 0 Å². The fourth-order valence-corrected chi connectivity index (χ4v) is 1.97. The summed E-state index contributed by atoms with van der Waals surface area (Å²) in [5, 5.41) is 13.6. The number of benzene rings is 1. The van der Waals surface area contributed by atoms with Gasteiger partial charge in [0.05, 0.1) is 0 Å². The second kappa shape index (κ2) is 4.69. The van der Waals surface area contributed by atoms with Crippen molar-refractivity contribution in [1.29, 1.82) is 0 Å². The van der Waals surface area contributed by atoms with Gasteiger partial charge in [0.15, 0.2) is 5.65 Å². The minimum atomic E-state index is -0.358. The Morgan fingerprint density at radius 2 is 2.00 bits per heavy atom. The Kier molecular flexibility index (Phi) is 2.86. The highest BCUT2D eigenvalue weighted by molar-refractivity contribution is 5.46. The minimum Gasteiger partial charge on any atom is -0.399 e. The van der Waals surface area contributed by atoms with Crippen molar-refractivity contribution >= 4 is 17.2 Å². The Balaban J connectivity index is 1.86. The summed E-state index contributed by atoms with van der Waals surface area (Å²) in [5.41, 5.74) is 7.61. The van der Waals surface area contributed by atoms with E-state index in [-0.39, 0.29) is 11.7 Å². The zero-order chi connectivity index (χ0) is 14.1. The summed E-state index contributed by atoms with van der Waals surface area (Å²) in [6.45, 7) is 2.01. The molecule has 0 aliphatic rings. The molecule has 1 atom stereocenters. The lowest BCUT2D eigenvalue weighted by molar-refractivity contribution is 0.830. The molecular weight excluding hydrogens is 256 g/mol. The van der Waals surface area contributed by atoms with Crippen molar-refractivity contribution in [2.24, 2.45) is 0 Å². The normalized spacial score (nSPS) is 12.4. The number of H-pyrrole nitrogens is 1. The Morgan fingerprint density at radius 1 is 1.25 bits per heavy atom. The molecule has 0 spiro atoms. The fourth-order valence-electron chi connectivity index (χ4n) is 1.97. The average Bonchev–Trinajstić information content (AvgIpc) is 2.81. The summed E-state index contributed by atoms with van der Waals surface area (Å²) in [5.74, 6) is 0.602. The van der Waals surface area contributed by atoms with E-state index in [1.54, 1.807) is 12.1 Å². The minimum absolute atomic E-state index is 0.0446. The Morgan fingerprint density at radius 3 is 2.75 bits per heavy atom. The molecule has 0 saturated heterocycles. The molecule has 7 nitrogen and oxygen atoms in total. The number of nitrogen functional groups attached to an aromatic ring is 1. The van der Waals surface area contributed by atoms with E-state index in [1.807, 2.05) is 31.2 Å². The van der Waals surface area contributed by atoms with E-state index >= 15 is 0 Å². The largest absolute Gasteiger partial charge is 0.399 e. The van der Waals surface area contributed by atoms with Crippen molar-refractivity contribution < 1.29 is 0 Å². The van der Waals surface area contributed by atoms with Crippen molar-refractivity contribution in [3.05, 3.63) is 52.4 Å². The topological polar surface area (TPSA) is 101 Å². The number of aromatic amines is 1. The first-order chi connectivity index (χ1) is 9.63. The second-order valence-corrected chi connectivity index (χ2v) is 4.55. The maximum Gasteiger partial charge on any atom is 0.364 e. The number of rotatable bonds is 3. The lowest BCUT2D eigenvalue weighted by Crippen LogP contribution is -2.15. The van der Waals surface area contributed by atoms with Gasteiger partial charge in [0.1, 0.15) is 5.82 Å². The summed E-state index contributed by atoms with van der Waals surface area (Å²) < 4.78 is 1.22. The molecule has 3 aromatic rings. The molecule has 7 heteroatoms. The van der Waals surface area contributed by atoms with E-state index in [0.29, 0.717) is 11.5 Å². The molecule has 0 bridgehead atoms. The van der Waals surface area contributed by atoms with Gasteiger partial charge in [0.2, 0.25) is 0 Å². The van der Waals surface area contributed by atoms with Gasteiger partial charge >= 0.3 is 5.69 Å². The van der Waals surface area contributed by atoms with Crippen LogP contribution in [0.4, 0.5) is 11.5 Å². The van der Waals surface area contributed by atoms with Crippen molar-refractivity contribution in [2.45, 2.75) is 13.0 Å². The summed E-state index contributed by atoms with van der Waals surface area (Å²) >= 11 is 0. The molecule has 0 fully saturated rings. The third-order valence-electron chi connectivity index (χ3n) is 3.07. The SMILES string of the molecule is CC(Nc1ccc2n[nH]c(=O)n2n1)c1ccc(N)cc1. The second-order valence-electron chi connectivity index (χ2n) is 4.55. The number of aromatic nitrogens is 4. The van der Waals surface area contributed by atoms with Gasteiger partial charge in [0, 0.05) is 11.7 Å². The van der Waals surface area contributed by atoms with Gasteiger partial charge < -0.3 is 11.1 Å². The molecule has 2 heterocycles. The van der Waals surface area contributed by atoms with Crippen LogP contribution in [0, 0.1) is 0 Å². The summed E-state index contributed by atoms with van der Waals surface area (Å²) in [7, 11) is 0. The molecule has 3 rings (SSSR count). The van der Waals surface area contributed by atoms with Gasteiger partial charge in [0.25, 0.3) is 0 Å². The first kappa shape index (κ1) is 12.2. The van der Waals surface area contributed by atoms with Crippen molar-refractivity contribution in [3.63, 3.8) is 0 Å². The Bertz CT molecular complexity index is 788. The number of nitrogens with one attached hydrogen (secondary N) is 2.